The van der Waals surface area contributed by atoms with Gasteiger partial charge in [-0.15, -0.1) is 0 Å². The first-order valence-electron chi connectivity index (χ1n) is 4.90. The molecule has 0 spiro atoms. The van der Waals surface area contributed by atoms with Crippen LogP contribution in [0, 0.1) is 28.6 Å². The molecule has 0 saturated carbocycles. The molecule has 0 radical (unpaired) electrons. The van der Waals surface area contributed by atoms with E-state index in [1.165, 1.54) is 0 Å². The molecule has 6 heteroatoms. The molecule has 1 atom stereocenters. The third kappa shape index (κ3) is 6.39. The van der Waals surface area contributed by atoms with E-state index >= 15 is 0 Å². The van der Waals surface area contributed by atoms with E-state index in [-0.39, 0.29) is 37.2 Å². The topological polar surface area (TPSA) is 106 Å². The Balaban J connectivity index is 3.76. The van der Waals surface area contributed by atoms with Crippen LogP contribution in [-0.2, 0) is 9.59 Å². The van der Waals surface area contributed by atoms with Gasteiger partial charge in [0.05, 0.1) is 12.1 Å². The van der Waals surface area contributed by atoms with Crippen molar-refractivity contribution in [3.05, 3.63) is 0 Å². The van der Waals surface area contributed by atoms with Crippen LogP contribution in [0.3, 0.4) is 0 Å². The molecule has 0 aromatic carbocycles. The van der Waals surface area contributed by atoms with E-state index in [0.29, 0.717) is 6.42 Å². The van der Waals surface area contributed by atoms with Gasteiger partial charge in [0.1, 0.15) is 13.1 Å². The molecule has 0 aliphatic rings. The van der Waals surface area contributed by atoms with Gasteiger partial charge in [0.15, 0.2) is 0 Å². The number of amides is 2. The van der Waals surface area contributed by atoms with Gasteiger partial charge in [-0.1, -0.05) is 6.92 Å². The number of nitrogens with one attached hydrogen (secondary N) is 2. The van der Waals surface area contributed by atoms with Gasteiger partial charge in [-0.05, 0) is 6.42 Å². The normalized spacial score (nSPS) is 10.7. The molecule has 1 unspecified atom stereocenters. The van der Waals surface area contributed by atoms with Crippen molar-refractivity contribution < 1.29 is 9.59 Å². The molecule has 0 fully saturated rings. The number of carbonyl (C=O) groups excluding carboxylic acids is 2. The zero-order valence-electron chi connectivity index (χ0n) is 9.12. The average Bonchev–Trinajstić information content (AvgIpc) is 2.30. The second-order valence-electron chi connectivity index (χ2n) is 3.25. The predicted octanol–water partition coefficient (Wildman–Crippen LogP) is -0.318. The molecule has 2 amide bonds. The molecular formula is C10H14N4O2. The summed E-state index contributed by atoms with van der Waals surface area (Å²) in [7, 11) is 0. The molecule has 0 heterocycles. The maximum Gasteiger partial charge on any atom is 0.223 e. The first-order chi connectivity index (χ1) is 7.61. The molecular weight excluding hydrogens is 208 g/mol. The number of nitrogens with zero attached hydrogens (tertiary/aromatic N) is 2. The van der Waals surface area contributed by atoms with Crippen LogP contribution >= 0.6 is 0 Å². The zero-order chi connectivity index (χ0) is 12.4. The standard InChI is InChI=1S/C10H14N4O2/c1-8(10(16)14-7-5-12)2-3-9(15)13-6-4-11/h8H,2-3,6-7H2,1H3,(H,13,15)(H,14,16). The van der Waals surface area contributed by atoms with Crippen molar-refractivity contribution in [3.63, 3.8) is 0 Å². The van der Waals surface area contributed by atoms with E-state index < -0.39 is 0 Å². The summed E-state index contributed by atoms with van der Waals surface area (Å²) in [5, 5.41) is 21.3. The summed E-state index contributed by atoms with van der Waals surface area (Å²) in [6, 6.07) is 3.59. The first-order valence-corrected chi connectivity index (χ1v) is 4.90. The largest absolute Gasteiger partial charge is 0.343 e. The predicted molar refractivity (Wildman–Crippen MR) is 55.6 cm³/mol. The van der Waals surface area contributed by atoms with E-state index in [9.17, 15) is 9.59 Å². The van der Waals surface area contributed by atoms with Gasteiger partial charge in [0.25, 0.3) is 0 Å². The van der Waals surface area contributed by atoms with E-state index in [1.807, 2.05) is 0 Å². The molecule has 16 heavy (non-hydrogen) atoms. The zero-order valence-corrected chi connectivity index (χ0v) is 9.12. The highest BCUT2D eigenvalue weighted by Crippen LogP contribution is 2.05. The minimum atomic E-state index is -0.318. The van der Waals surface area contributed by atoms with E-state index in [4.69, 9.17) is 10.5 Å². The Kier molecular flexibility index (Phi) is 7.17. The third-order valence-electron chi connectivity index (χ3n) is 1.96. The van der Waals surface area contributed by atoms with Gasteiger partial charge in [-0.25, -0.2) is 0 Å². The quantitative estimate of drug-likeness (QED) is 0.601. The Morgan fingerprint density at radius 1 is 1.19 bits per heavy atom. The lowest BCUT2D eigenvalue weighted by molar-refractivity contribution is -0.125. The number of rotatable bonds is 6. The van der Waals surface area contributed by atoms with Gasteiger partial charge in [-0.3, -0.25) is 9.59 Å². The fraction of sp³-hybridized carbons (Fsp3) is 0.600. The van der Waals surface area contributed by atoms with Crippen molar-refractivity contribution in [1.82, 2.24) is 10.6 Å². The molecule has 2 N–H and O–H groups in total. The molecule has 0 saturated heterocycles. The van der Waals surface area contributed by atoms with Crippen molar-refractivity contribution in [2.75, 3.05) is 13.1 Å². The SMILES string of the molecule is CC(CCC(=O)NCC#N)C(=O)NCC#N. The van der Waals surface area contributed by atoms with Crippen LogP contribution in [-0.4, -0.2) is 24.9 Å². The van der Waals surface area contributed by atoms with Gasteiger partial charge in [-0.2, -0.15) is 10.5 Å². The summed E-state index contributed by atoms with van der Waals surface area (Å²) in [5.74, 6) is -0.808. The first kappa shape index (κ1) is 13.9. The molecule has 0 aliphatic carbocycles. The van der Waals surface area contributed by atoms with Crippen LogP contribution in [0.1, 0.15) is 19.8 Å². The highest BCUT2D eigenvalue weighted by molar-refractivity contribution is 5.80. The molecule has 0 rings (SSSR count). The molecule has 0 bridgehead atoms. The van der Waals surface area contributed by atoms with Crippen molar-refractivity contribution in [2.24, 2.45) is 5.92 Å². The van der Waals surface area contributed by atoms with E-state index in [0.717, 1.165) is 0 Å². The number of carbonyl (C=O) groups is 2. The molecule has 86 valence electrons. The molecule has 0 aromatic rings. The smallest absolute Gasteiger partial charge is 0.223 e. The summed E-state index contributed by atoms with van der Waals surface area (Å²) in [4.78, 5) is 22.4. The van der Waals surface area contributed by atoms with Gasteiger partial charge in [0.2, 0.25) is 11.8 Å². The number of hydrogen-bond donors (Lipinski definition) is 2. The highest BCUT2D eigenvalue weighted by atomic mass is 16.2. The lowest BCUT2D eigenvalue weighted by Crippen LogP contribution is -2.31. The van der Waals surface area contributed by atoms with Gasteiger partial charge in [0, 0.05) is 12.3 Å². The van der Waals surface area contributed by atoms with Crippen molar-refractivity contribution in [1.29, 1.82) is 10.5 Å². The third-order valence-corrected chi connectivity index (χ3v) is 1.96. The summed E-state index contributed by atoms with van der Waals surface area (Å²) >= 11 is 0. The summed E-state index contributed by atoms with van der Waals surface area (Å²) < 4.78 is 0. The fourth-order valence-corrected chi connectivity index (χ4v) is 1.01. The highest BCUT2D eigenvalue weighted by Gasteiger charge is 2.13. The molecule has 6 nitrogen and oxygen atoms in total. The second-order valence-corrected chi connectivity index (χ2v) is 3.25. The van der Waals surface area contributed by atoms with E-state index in [1.54, 1.807) is 19.1 Å². The van der Waals surface area contributed by atoms with Gasteiger partial charge >= 0.3 is 0 Å². The average molecular weight is 222 g/mol. The van der Waals surface area contributed by atoms with Crippen molar-refractivity contribution >= 4 is 11.8 Å². The minimum absolute atomic E-state index is 0.0200. The summed E-state index contributed by atoms with van der Waals surface area (Å²) in [6.45, 7) is 1.64. The Morgan fingerprint density at radius 2 is 1.75 bits per heavy atom. The van der Waals surface area contributed by atoms with E-state index in [2.05, 4.69) is 10.6 Å². The van der Waals surface area contributed by atoms with Crippen molar-refractivity contribution in [2.45, 2.75) is 19.8 Å². The maximum absolute atomic E-state index is 11.3. The van der Waals surface area contributed by atoms with Crippen LogP contribution in [0.25, 0.3) is 0 Å². The minimum Gasteiger partial charge on any atom is -0.343 e. The Labute approximate surface area is 94.2 Å². The maximum atomic E-state index is 11.3. The number of nitriles is 2. The Hall–Kier alpha value is -2.08. The summed E-state index contributed by atoms with van der Waals surface area (Å²) in [5.41, 5.74) is 0. The van der Waals surface area contributed by atoms with Crippen LogP contribution in [0.4, 0.5) is 0 Å². The van der Waals surface area contributed by atoms with Crippen molar-refractivity contribution in [3.8, 4) is 12.1 Å². The van der Waals surface area contributed by atoms with Crippen LogP contribution in [0.5, 0.6) is 0 Å². The second kappa shape index (κ2) is 8.25. The monoisotopic (exact) mass is 222 g/mol. The Morgan fingerprint density at radius 3 is 2.31 bits per heavy atom. The van der Waals surface area contributed by atoms with Crippen LogP contribution in [0.15, 0.2) is 0 Å². The number of hydrogen-bond acceptors (Lipinski definition) is 4. The summed E-state index contributed by atoms with van der Waals surface area (Å²) in [6.07, 6.45) is 0.595. The Bertz CT molecular complexity index is 327. The van der Waals surface area contributed by atoms with Gasteiger partial charge < -0.3 is 10.6 Å². The van der Waals surface area contributed by atoms with Crippen LogP contribution in [0.2, 0.25) is 0 Å². The van der Waals surface area contributed by atoms with Crippen LogP contribution < -0.4 is 10.6 Å². The molecule has 0 aromatic heterocycles. The fourth-order valence-electron chi connectivity index (χ4n) is 1.01. The molecule has 0 aliphatic heterocycles. The lowest BCUT2D eigenvalue weighted by atomic mass is 10.0. The lowest BCUT2D eigenvalue weighted by Gasteiger charge is -2.09.